The zero-order valence-corrected chi connectivity index (χ0v) is 7.96. The van der Waals surface area contributed by atoms with E-state index in [0.717, 1.165) is 12.1 Å². The third kappa shape index (κ3) is 3.63. The lowest BCUT2D eigenvalue weighted by atomic mass is 10.1. The first-order chi connectivity index (χ1) is 7.13. The average molecular weight is 215 g/mol. The SMILES string of the molecule is O=C(CO)NCCc1ccc(F)c(F)c1. The molecule has 0 saturated heterocycles. The Morgan fingerprint density at radius 2 is 2.07 bits per heavy atom. The number of carbonyl (C=O) groups excluding carboxylic acids is 1. The minimum atomic E-state index is -0.902. The van der Waals surface area contributed by atoms with Crippen molar-refractivity contribution in [2.24, 2.45) is 0 Å². The molecule has 0 spiro atoms. The van der Waals surface area contributed by atoms with Crippen LogP contribution in [0, 0.1) is 11.6 Å². The Morgan fingerprint density at radius 1 is 1.33 bits per heavy atom. The molecule has 0 saturated carbocycles. The smallest absolute Gasteiger partial charge is 0.245 e. The van der Waals surface area contributed by atoms with E-state index >= 15 is 0 Å². The van der Waals surface area contributed by atoms with Gasteiger partial charge < -0.3 is 10.4 Å². The Balaban J connectivity index is 2.44. The lowest BCUT2D eigenvalue weighted by molar-refractivity contribution is -0.123. The van der Waals surface area contributed by atoms with Gasteiger partial charge in [0.1, 0.15) is 6.61 Å². The van der Waals surface area contributed by atoms with Crippen molar-refractivity contribution in [1.82, 2.24) is 5.32 Å². The van der Waals surface area contributed by atoms with Gasteiger partial charge in [-0.15, -0.1) is 0 Å². The molecule has 0 aliphatic heterocycles. The second-order valence-corrected chi connectivity index (χ2v) is 3.01. The molecule has 0 unspecified atom stereocenters. The largest absolute Gasteiger partial charge is 0.387 e. The number of aliphatic hydroxyl groups excluding tert-OH is 1. The topological polar surface area (TPSA) is 49.3 Å². The maximum Gasteiger partial charge on any atom is 0.245 e. The number of hydrogen-bond donors (Lipinski definition) is 2. The minimum Gasteiger partial charge on any atom is -0.387 e. The van der Waals surface area contributed by atoms with Crippen LogP contribution in [-0.2, 0) is 11.2 Å². The Morgan fingerprint density at radius 3 is 2.67 bits per heavy atom. The zero-order valence-electron chi connectivity index (χ0n) is 7.96. The second-order valence-electron chi connectivity index (χ2n) is 3.01. The van der Waals surface area contributed by atoms with Crippen molar-refractivity contribution in [3.05, 3.63) is 35.4 Å². The first-order valence-electron chi connectivity index (χ1n) is 4.45. The summed E-state index contributed by atoms with van der Waals surface area (Å²) in [4.78, 5) is 10.6. The molecule has 0 atom stereocenters. The van der Waals surface area contributed by atoms with Crippen molar-refractivity contribution >= 4 is 5.91 Å². The van der Waals surface area contributed by atoms with Crippen molar-refractivity contribution in [2.45, 2.75) is 6.42 Å². The highest BCUT2D eigenvalue weighted by molar-refractivity contribution is 5.76. The number of benzene rings is 1. The Labute approximate surface area is 85.7 Å². The fourth-order valence-corrected chi connectivity index (χ4v) is 1.10. The number of carbonyl (C=O) groups is 1. The van der Waals surface area contributed by atoms with Crippen LogP contribution in [0.2, 0.25) is 0 Å². The highest BCUT2D eigenvalue weighted by Gasteiger charge is 2.03. The van der Waals surface area contributed by atoms with Crippen LogP contribution in [0.1, 0.15) is 5.56 Å². The molecule has 2 N–H and O–H groups in total. The summed E-state index contributed by atoms with van der Waals surface area (Å²) in [6, 6.07) is 3.57. The van der Waals surface area contributed by atoms with Gasteiger partial charge in [-0.05, 0) is 24.1 Å². The predicted molar refractivity (Wildman–Crippen MR) is 50.2 cm³/mol. The van der Waals surface area contributed by atoms with Gasteiger partial charge in [0.25, 0.3) is 0 Å². The van der Waals surface area contributed by atoms with E-state index in [1.54, 1.807) is 0 Å². The summed E-state index contributed by atoms with van der Waals surface area (Å²) in [6.07, 6.45) is 0.392. The van der Waals surface area contributed by atoms with Crippen molar-refractivity contribution in [2.75, 3.05) is 13.2 Å². The van der Waals surface area contributed by atoms with E-state index in [2.05, 4.69) is 5.32 Å². The summed E-state index contributed by atoms with van der Waals surface area (Å²) >= 11 is 0. The van der Waals surface area contributed by atoms with Crippen molar-refractivity contribution in [3.8, 4) is 0 Å². The summed E-state index contributed by atoms with van der Waals surface area (Å²) < 4.78 is 25.3. The molecule has 15 heavy (non-hydrogen) atoms. The highest BCUT2D eigenvalue weighted by Crippen LogP contribution is 2.08. The van der Waals surface area contributed by atoms with E-state index in [1.807, 2.05) is 0 Å². The third-order valence-electron chi connectivity index (χ3n) is 1.86. The number of aliphatic hydroxyl groups is 1. The van der Waals surface area contributed by atoms with Gasteiger partial charge in [0.15, 0.2) is 11.6 Å². The lowest BCUT2D eigenvalue weighted by Gasteiger charge is -2.03. The van der Waals surface area contributed by atoms with Crippen molar-refractivity contribution in [3.63, 3.8) is 0 Å². The Kier molecular flexibility index (Phi) is 4.17. The summed E-state index contributed by atoms with van der Waals surface area (Å²) in [7, 11) is 0. The summed E-state index contributed by atoms with van der Waals surface area (Å²) in [5.41, 5.74) is 0.590. The van der Waals surface area contributed by atoms with Crippen LogP contribution in [0.15, 0.2) is 18.2 Å². The first kappa shape index (κ1) is 11.6. The van der Waals surface area contributed by atoms with Gasteiger partial charge in [-0.3, -0.25) is 4.79 Å². The standard InChI is InChI=1S/C10H11F2NO2/c11-8-2-1-7(5-9(8)12)3-4-13-10(15)6-14/h1-2,5,14H,3-4,6H2,(H,13,15). The highest BCUT2D eigenvalue weighted by atomic mass is 19.2. The summed E-state index contributed by atoms with van der Waals surface area (Å²) in [5, 5.41) is 10.8. The van der Waals surface area contributed by atoms with E-state index in [0.29, 0.717) is 12.0 Å². The van der Waals surface area contributed by atoms with E-state index in [4.69, 9.17) is 5.11 Å². The molecule has 0 radical (unpaired) electrons. The molecule has 82 valence electrons. The predicted octanol–water partition coefficient (Wildman–Crippen LogP) is 0.616. The van der Waals surface area contributed by atoms with Crippen LogP contribution >= 0.6 is 0 Å². The molecule has 1 rings (SSSR count). The second kappa shape index (κ2) is 5.41. The number of rotatable bonds is 4. The maximum absolute atomic E-state index is 12.7. The molecule has 1 aromatic carbocycles. The third-order valence-corrected chi connectivity index (χ3v) is 1.86. The normalized spacial score (nSPS) is 10.1. The van der Waals surface area contributed by atoms with Crippen LogP contribution in [0.3, 0.4) is 0 Å². The number of halogens is 2. The summed E-state index contributed by atoms with van der Waals surface area (Å²) in [5.74, 6) is -2.28. The molecule has 3 nitrogen and oxygen atoms in total. The number of amides is 1. The molecular weight excluding hydrogens is 204 g/mol. The molecule has 1 aromatic rings. The lowest BCUT2D eigenvalue weighted by Crippen LogP contribution is -2.28. The molecule has 0 aromatic heterocycles. The molecule has 0 fully saturated rings. The van der Waals surface area contributed by atoms with Gasteiger partial charge in [-0.1, -0.05) is 6.07 Å². The van der Waals surface area contributed by atoms with Gasteiger partial charge >= 0.3 is 0 Å². The van der Waals surface area contributed by atoms with Crippen LogP contribution < -0.4 is 5.32 Å². The van der Waals surface area contributed by atoms with Crippen molar-refractivity contribution < 1.29 is 18.7 Å². The Hall–Kier alpha value is -1.49. The Bertz CT molecular complexity index is 355. The van der Waals surface area contributed by atoms with Gasteiger partial charge in [-0.25, -0.2) is 8.78 Å². The summed E-state index contributed by atoms with van der Waals surface area (Å²) in [6.45, 7) is -0.289. The van der Waals surface area contributed by atoms with E-state index < -0.39 is 24.1 Å². The minimum absolute atomic E-state index is 0.282. The molecule has 0 heterocycles. The molecule has 0 aliphatic carbocycles. The fraction of sp³-hybridized carbons (Fsp3) is 0.300. The number of nitrogens with one attached hydrogen (secondary N) is 1. The van der Waals surface area contributed by atoms with Crippen LogP contribution in [-0.4, -0.2) is 24.2 Å². The van der Waals surface area contributed by atoms with Gasteiger partial charge in [0.2, 0.25) is 5.91 Å². The molecule has 0 bridgehead atoms. The monoisotopic (exact) mass is 215 g/mol. The molecule has 0 aliphatic rings. The van der Waals surface area contributed by atoms with Gasteiger partial charge in [0, 0.05) is 6.54 Å². The van der Waals surface area contributed by atoms with E-state index in [1.165, 1.54) is 6.07 Å². The first-order valence-corrected chi connectivity index (χ1v) is 4.45. The van der Waals surface area contributed by atoms with Crippen LogP contribution in [0.4, 0.5) is 8.78 Å². The number of hydrogen-bond acceptors (Lipinski definition) is 2. The fourth-order valence-electron chi connectivity index (χ4n) is 1.10. The van der Waals surface area contributed by atoms with E-state index in [-0.39, 0.29) is 6.54 Å². The molecular formula is C10H11F2NO2. The molecule has 1 amide bonds. The van der Waals surface area contributed by atoms with Crippen LogP contribution in [0.25, 0.3) is 0 Å². The zero-order chi connectivity index (χ0) is 11.3. The van der Waals surface area contributed by atoms with E-state index in [9.17, 15) is 13.6 Å². The van der Waals surface area contributed by atoms with Crippen LogP contribution in [0.5, 0.6) is 0 Å². The van der Waals surface area contributed by atoms with Gasteiger partial charge in [0.05, 0.1) is 0 Å². The molecule has 5 heteroatoms. The quantitative estimate of drug-likeness (QED) is 0.773. The van der Waals surface area contributed by atoms with Gasteiger partial charge in [-0.2, -0.15) is 0 Å². The average Bonchev–Trinajstić information content (AvgIpc) is 2.23. The van der Waals surface area contributed by atoms with Crippen molar-refractivity contribution in [1.29, 1.82) is 0 Å². The maximum atomic E-state index is 12.7.